The Morgan fingerprint density at radius 2 is 1.89 bits per heavy atom. The molecule has 1 amide bonds. The van der Waals surface area contributed by atoms with Gasteiger partial charge in [0, 0.05) is 17.5 Å². The normalized spacial score (nSPS) is 16.1. The number of furan rings is 1. The molecule has 7 heteroatoms. The number of para-hydroxylation sites is 1. The Kier molecular flexibility index (Phi) is 4.84. The van der Waals surface area contributed by atoms with Crippen LogP contribution in [0, 0.1) is 0 Å². The van der Waals surface area contributed by atoms with Gasteiger partial charge in [0.1, 0.15) is 11.6 Å². The lowest BCUT2D eigenvalue weighted by molar-refractivity contribution is 0.0923. The summed E-state index contributed by atoms with van der Waals surface area (Å²) in [5.74, 6) is 1.50. The van der Waals surface area contributed by atoms with E-state index < -0.39 is 5.50 Å². The van der Waals surface area contributed by atoms with Gasteiger partial charge in [0.15, 0.2) is 11.3 Å². The Morgan fingerprint density at radius 3 is 2.56 bits per heavy atom. The maximum Gasteiger partial charge on any atom is 0.289 e. The van der Waals surface area contributed by atoms with Crippen molar-refractivity contribution < 1.29 is 13.9 Å². The molecule has 0 spiro atoms. The zero-order valence-electron chi connectivity index (χ0n) is 14.5. The summed E-state index contributed by atoms with van der Waals surface area (Å²) >= 11 is 1.43. The quantitative estimate of drug-likeness (QED) is 0.681. The summed E-state index contributed by atoms with van der Waals surface area (Å²) in [7, 11) is 1.63. The highest BCUT2D eigenvalue weighted by atomic mass is 32.2. The fraction of sp³-hybridized carbons (Fsp3) is 0.100. The standard InChI is InChI=1S/C20H17N3O3S/c1-25-16-11-9-14(10-12-16)18-21-20(22-19(24)17-8-5-13-26-17)27-23(18)15-6-3-2-4-7-15/h2-13,20H,1H3,(H,22,24). The van der Waals surface area contributed by atoms with Crippen LogP contribution in [0.4, 0.5) is 5.69 Å². The van der Waals surface area contributed by atoms with E-state index in [4.69, 9.17) is 14.1 Å². The summed E-state index contributed by atoms with van der Waals surface area (Å²) in [4.78, 5) is 17.0. The van der Waals surface area contributed by atoms with Gasteiger partial charge in [0.05, 0.1) is 19.1 Å². The van der Waals surface area contributed by atoms with Crippen molar-refractivity contribution in [2.45, 2.75) is 5.50 Å². The number of amides is 1. The van der Waals surface area contributed by atoms with Crippen molar-refractivity contribution in [1.82, 2.24) is 5.32 Å². The number of carbonyl (C=O) groups is 1. The molecule has 0 aliphatic carbocycles. The summed E-state index contributed by atoms with van der Waals surface area (Å²) in [5, 5.41) is 2.88. The first-order chi connectivity index (χ1) is 13.2. The smallest absolute Gasteiger partial charge is 0.289 e. The number of carbonyl (C=O) groups excluding carboxylic acids is 1. The lowest BCUT2D eigenvalue weighted by Gasteiger charge is -2.19. The number of anilines is 1. The van der Waals surface area contributed by atoms with Gasteiger partial charge in [0.25, 0.3) is 5.91 Å². The van der Waals surface area contributed by atoms with Crippen LogP contribution in [0.15, 0.2) is 82.4 Å². The third kappa shape index (κ3) is 3.68. The van der Waals surface area contributed by atoms with Gasteiger partial charge >= 0.3 is 0 Å². The first-order valence-corrected chi connectivity index (χ1v) is 9.17. The average molecular weight is 379 g/mol. The lowest BCUT2D eigenvalue weighted by atomic mass is 10.2. The predicted octanol–water partition coefficient (Wildman–Crippen LogP) is 3.92. The van der Waals surface area contributed by atoms with Crippen molar-refractivity contribution in [3.63, 3.8) is 0 Å². The third-order valence-electron chi connectivity index (χ3n) is 3.98. The molecule has 136 valence electrons. The molecule has 6 nitrogen and oxygen atoms in total. The van der Waals surface area contributed by atoms with E-state index in [0.717, 1.165) is 22.8 Å². The highest BCUT2D eigenvalue weighted by molar-refractivity contribution is 8.02. The first-order valence-electron chi connectivity index (χ1n) is 8.33. The Labute approximate surface area is 161 Å². The fourth-order valence-electron chi connectivity index (χ4n) is 2.66. The van der Waals surface area contributed by atoms with E-state index in [2.05, 4.69) is 5.32 Å². The van der Waals surface area contributed by atoms with E-state index in [0.29, 0.717) is 0 Å². The minimum absolute atomic E-state index is 0.259. The Hall–Kier alpha value is -3.19. The van der Waals surface area contributed by atoms with E-state index in [-0.39, 0.29) is 11.7 Å². The SMILES string of the molecule is COc1ccc(C2=NC(NC(=O)c3ccco3)SN2c2ccccc2)cc1. The molecule has 2 heterocycles. The molecule has 4 rings (SSSR count). The monoisotopic (exact) mass is 379 g/mol. The second-order valence-electron chi connectivity index (χ2n) is 5.72. The molecule has 1 N–H and O–H groups in total. The summed E-state index contributed by atoms with van der Waals surface area (Å²) in [6, 6.07) is 20.9. The zero-order valence-corrected chi connectivity index (χ0v) is 15.3. The molecule has 0 fully saturated rings. The van der Waals surface area contributed by atoms with Crippen LogP contribution in [0.5, 0.6) is 5.75 Å². The molecular weight excluding hydrogens is 362 g/mol. The minimum atomic E-state index is -0.458. The number of rotatable bonds is 5. The Bertz CT molecular complexity index is 940. The molecule has 2 aromatic carbocycles. The first kappa shape index (κ1) is 17.2. The second-order valence-corrected chi connectivity index (χ2v) is 6.74. The zero-order chi connectivity index (χ0) is 18.6. The third-order valence-corrected chi connectivity index (χ3v) is 4.99. The van der Waals surface area contributed by atoms with Crippen molar-refractivity contribution in [2.24, 2.45) is 4.99 Å². The number of amidine groups is 1. The van der Waals surface area contributed by atoms with E-state index in [1.165, 1.54) is 18.2 Å². The number of ether oxygens (including phenoxy) is 1. The van der Waals surface area contributed by atoms with Crippen molar-refractivity contribution in [3.05, 3.63) is 84.3 Å². The largest absolute Gasteiger partial charge is 0.497 e. The summed E-state index contributed by atoms with van der Waals surface area (Å²) in [5.41, 5.74) is 1.45. The number of hydrogen-bond donors (Lipinski definition) is 1. The van der Waals surface area contributed by atoms with Crippen LogP contribution < -0.4 is 14.4 Å². The number of methoxy groups -OCH3 is 1. The van der Waals surface area contributed by atoms with Crippen LogP contribution in [-0.2, 0) is 0 Å². The highest BCUT2D eigenvalue weighted by Crippen LogP contribution is 2.34. The molecule has 3 aromatic rings. The minimum Gasteiger partial charge on any atom is -0.497 e. The van der Waals surface area contributed by atoms with Crippen LogP contribution in [0.2, 0.25) is 0 Å². The van der Waals surface area contributed by atoms with E-state index in [1.54, 1.807) is 19.2 Å². The maximum absolute atomic E-state index is 12.3. The molecule has 27 heavy (non-hydrogen) atoms. The molecule has 1 aliphatic rings. The molecule has 1 aromatic heterocycles. The van der Waals surface area contributed by atoms with Crippen molar-refractivity contribution >= 4 is 29.4 Å². The number of hydrogen-bond acceptors (Lipinski definition) is 6. The Morgan fingerprint density at radius 1 is 1.11 bits per heavy atom. The van der Waals surface area contributed by atoms with Crippen molar-refractivity contribution in [3.8, 4) is 5.75 Å². The topological polar surface area (TPSA) is 67.1 Å². The molecule has 1 unspecified atom stereocenters. The van der Waals surface area contributed by atoms with Crippen molar-refractivity contribution in [1.29, 1.82) is 0 Å². The van der Waals surface area contributed by atoms with Crippen LogP contribution in [0.25, 0.3) is 0 Å². The van der Waals surface area contributed by atoms with Gasteiger partial charge in [-0.1, -0.05) is 18.2 Å². The van der Waals surface area contributed by atoms with Gasteiger partial charge in [-0.15, -0.1) is 0 Å². The molecule has 0 saturated heterocycles. The molecule has 0 radical (unpaired) electrons. The van der Waals surface area contributed by atoms with Gasteiger partial charge < -0.3 is 14.5 Å². The number of nitrogens with zero attached hydrogens (tertiary/aromatic N) is 2. The van der Waals surface area contributed by atoms with Gasteiger partial charge in [-0.2, -0.15) is 0 Å². The fourth-order valence-corrected chi connectivity index (χ4v) is 3.67. The van der Waals surface area contributed by atoms with E-state index >= 15 is 0 Å². The van der Waals surface area contributed by atoms with Crippen LogP contribution in [-0.4, -0.2) is 24.4 Å². The average Bonchev–Trinajstić information content (AvgIpc) is 3.39. The Balaban J connectivity index is 1.62. The second kappa shape index (κ2) is 7.59. The van der Waals surface area contributed by atoms with Crippen LogP contribution in [0.3, 0.4) is 0 Å². The summed E-state index contributed by atoms with van der Waals surface area (Å²) in [6.45, 7) is 0. The molecule has 0 bridgehead atoms. The molecular formula is C20H17N3O3S. The van der Waals surface area contributed by atoms with Crippen LogP contribution in [0.1, 0.15) is 16.1 Å². The van der Waals surface area contributed by atoms with Gasteiger partial charge in [-0.3, -0.25) is 9.10 Å². The number of nitrogens with one attached hydrogen (secondary N) is 1. The predicted molar refractivity (Wildman–Crippen MR) is 106 cm³/mol. The van der Waals surface area contributed by atoms with Gasteiger partial charge in [-0.25, -0.2) is 4.99 Å². The summed E-state index contributed by atoms with van der Waals surface area (Å²) in [6.07, 6.45) is 1.47. The highest BCUT2D eigenvalue weighted by Gasteiger charge is 2.30. The van der Waals surface area contributed by atoms with Gasteiger partial charge in [-0.05, 0) is 48.5 Å². The number of benzene rings is 2. The van der Waals surface area contributed by atoms with E-state index in [1.807, 2.05) is 58.9 Å². The molecule has 1 aliphatic heterocycles. The molecule has 1 atom stereocenters. The van der Waals surface area contributed by atoms with Gasteiger partial charge in [0.2, 0.25) is 0 Å². The lowest BCUT2D eigenvalue weighted by Crippen LogP contribution is -2.30. The number of aliphatic imine (C=N–C) groups is 1. The molecule has 0 saturated carbocycles. The maximum atomic E-state index is 12.3. The van der Waals surface area contributed by atoms with E-state index in [9.17, 15) is 4.79 Å². The van der Waals surface area contributed by atoms with Crippen molar-refractivity contribution in [2.75, 3.05) is 11.4 Å². The van der Waals surface area contributed by atoms with Crippen LogP contribution >= 0.6 is 11.9 Å². The summed E-state index contributed by atoms with van der Waals surface area (Å²) < 4.78 is 12.4.